The van der Waals surface area contributed by atoms with Crippen LogP contribution in [0.4, 0.5) is 0 Å². The number of likely N-dealkylation sites (tertiary alicyclic amines) is 1. The molecule has 3 rings (SSSR count). The van der Waals surface area contributed by atoms with Crippen molar-refractivity contribution in [2.24, 2.45) is 0 Å². The van der Waals surface area contributed by atoms with E-state index in [4.69, 9.17) is 0 Å². The molecule has 2 aromatic carbocycles. The number of hydrogen-bond donors (Lipinski definition) is 1. The van der Waals surface area contributed by atoms with Gasteiger partial charge in [-0.05, 0) is 69.0 Å². The minimum Gasteiger partial charge on any atom is -0.339 e. The van der Waals surface area contributed by atoms with Crippen LogP contribution in [0.25, 0.3) is 0 Å². The normalized spacial score (nSPS) is 15.7. The van der Waals surface area contributed by atoms with Crippen LogP contribution in [-0.2, 0) is 10.0 Å². The van der Waals surface area contributed by atoms with Gasteiger partial charge in [-0.3, -0.25) is 4.79 Å². The van der Waals surface area contributed by atoms with Gasteiger partial charge in [0.2, 0.25) is 10.0 Å². The van der Waals surface area contributed by atoms with Gasteiger partial charge in [-0.2, -0.15) is 0 Å². The number of amides is 1. The highest BCUT2D eigenvalue weighted by molar-refractivity contribution is 7.89. The topological polar surface area (TPSA) is 66.5 Å². The van der Waals surface area contributed by atoms with E-state index in [-0.39, 0.29) is 16.8 Å². The molecule has 0 spiro atoms. The SMILES string of the molecule is Cc1ccc(S(=O)(=O)NC2CCN(C(=O)c3ccc(C)c(C)c3)CC2)cc1. The summed E-state index contributed by atoms with van der Waals surface area (Å²) in [5, 5.41) is 0. The lowest BCUT2D eigenvalue weighted by atomic mass is 10.0. The molecule has 6 heteroatoms. The molecule has 1 fully saturated rings. The standard InChI is InChI=1S/C21H26N2O3S/c1-15-4-8-20(9-5-15)27(25,26)22-19-10-12-23(13-11-19)21(24)18-7-6-16(2)17(3)14-18/h4-9,14,19,22H,10-13H2,1-3H3. The molecule has 0 unspecified atom stereocenters. The molecule has 1 aliphatic heterocycles. The third-order valence-electron chi connectivity index (χ3n) is 5.19. The minimum atomic E-state index is -3.53. The van der Waals surface area contributed by atoms with Gasteiger partial charge in [0.1, 0.15) is 0 Å². The Kier molecular flexibility index (Phi) is 5.67. The third-order valence-corrected chi connectivity index (χ3v) is 6.73. The molecule has 0 aromatic heterocycles. The van der Waals surface area contributed by atoms with Crippen molar-refractivity contribution >= 4 is 15.9 Å². The molecule has 2 aromatic rings. The van der Waals surface area contributed by atoms with Gasteiger partial charge < -0.3 is 4.90 Å². The number of carbonyl (C=O) groups is 1. The smallest absolute Gasteiger partial charge is 0.253 e. The first-order valence-electron chi connectivity index (χ1n) is 9.22. The van der Waals surface area contributed by atoms with Crippen molar-refractivity contribution in [2.75, 3.05) is 13.1 Å². The highest BCUT2D eigenvalue weighted by atomic mass is 32.2. The summed E-state index contributed by atoms with van der Waals surface area (Å²) in [7, 11) is -3.53. The molecule has 0 saturated carbocycles. The number of piperidine rings is 1. The number of hydrogen-bond acceptors (Lipinski definition) is 3. The minimum absolute atomic E-state index is 0.0120. The average molecular weight is 387 g/mol. The predicted octanol–water partition coefficient (Wildman–Crippen LogP) is 3.19. The van der Waals surface area contributed by atoms with E-state index in [0.717, 1.165) is 16.7 Å². The summed E-state index contributed by atoms with van der Waals surface area (Å²) in [6.45, 7) is 7.04. The van der Waals surface area contributed by atoms with E-state index >= 15 is 0 Å². The molecular formula is C21H26N2O3S. The number of benzene rings is 2. The molecule has 1 amide bonds. The van der Waals surface area contributed by atoms with Crippen LogP contribution in [0.15, 0.2) is 47.4 Å². The number of nitrogens with one attached hydrogen (secondary N) is 1. The van der Waals surface area contributed by atoms with Crippen LogP contribution < -0.4 is 4.72 Å². The van der Waals surface area contributed by atoms with Crippen LogP contribution in [-0.4, -0.2) is 38.4 Å². The Bertz CT molecular complexity index is 928. The van der Waals surface area contributed by atoms with Gasteiger partial charge in [-0.15, -0.1) is 0 Å². The van der Waals surface area contributed by atoms with E-state index in [1.54, 1.807) is 29.2 Å². The maximum atomic E-state index is 12.7. The zero-order chi connectivity index (χ0) is 19.6. The van der Waals surface area contributed by atoms with Crippen molar-refractivity contribution in [3.8, 4) is 0 Å². The summed E-state index contributed by atoms with van der Waals surface area (Å²) in [4.78, 5) is 14.8. The van der Waals surface area contributed by atoms with Crippen molar-refractivity contribution in [2.45, 2.75) is 44.6 Å². The van der Waals surface area contributed by atoms with Crippen molar-refractivity contribution < 1.29 is 13.2 Å². The first kappa shape index (κ1) is 19.6. The monoisotopic (exact) mass is 386 g/mol. The Balaban J connectivity index is 1.60. The number of nitrogens with zero attached hydrogens (tertiary/aromatic N) is 1. The zero-order valence-corrected chi connectivity index (χ0v) is 16.8. The molecule has 0 atom stereocenters. The summed E-state index contributed by atoms with van der Waals surface area (Å²) in [6.07, 6.45) is 1.23. The summed E-state index contributed by atoms with van der Waals surface area (Å²) in [5.41, 5.74) is 3.97. The van der Waals surface area contributed by atoms with Crippen molar-refractivity contribution in [3.63, 3.8) is 0 Å². The zero-order valence-electron chi connectivity index (χ0n) is 16.0. The highest BCUT2D eigenvalue weighted by Crippen LogP contribution is 2.18. The van der Waals surface area contributed by atoms with Crippen LogP contribution in [0.2, 0.25) is 0 Å². The van der Waals surface area contributed by atoms with Crippen LogP contribution in [0, 0.1) is 20.8 Å². The number of carbonyl (C=O) groups excluding carboxylic acids is 1. The third kappa shape index (κ3) is 4.57. The predicted molar refractivity (Wildman–Crippen MR) is 106 cm³/mol. The molecule has 0 bridgehead atoms. The molecule has 0 radical (unpaired) electrons. The summed E-state index contributed by atoms with van der Waals surface area (Å²) in [6, 6.07) is 12.4. The van der Waals surface area contributed by atoms with Crippen molar-refractivity contribution in [3.05, 3.63) is 64.7 Å². The Morgan fingerprint density at radius 1 is 0.963 bits per heavy atom. The fourth-order valence-electron chi connectivity index (χ4n) is 3.26. The Hall–Kier alpha value is -2.18. The fraction of sp³-hybridized carbons (Fsp3) is 0.381. The fourth-order valence-corrected chi connectivity index (χ4v) is 4.57. The highest BCUT2D eigenvalue weighted by Gasteiger charge is 2.27. The van der Waals surface area contributed by atoms with E-state index in [0.29, 0.717) is 31.5 Å². The molecule has 1 heterocycles. The second-order valence-electron chi connectivity index (χ2n) is 7.30. The molecule has 5 nitrogen and oxygen atoms in total. The van der Waals surface area contributed by atoms with E-state index in [2.05, 4.69) is 4.72 Å². The van der Waals surface area contributed by atoms with E-state index in [1.807, 2.05) is 39.0 Å². The van der Waals surface area contributed by atoms with E-state index < -0.39 is 10.0 Å². The first-order valence-corrected chi connectivity index (χ1v) is 10.7. The first-order chi connectivity index (χ1) is 12.8. The quantitative estimate of drug-likeness (QED) is 0.877. The summed E-state index contributed by atoms with van der Waals surface area (Å²) >= 11 is 0. The van der Waals surface area contributed by atoms with Crippen LogP contribution in [0.3, 0.4) is 0 Å². The van der Waals surface area contributed by atoms with Gasteiger partial charge in [0.05, 0.1) is 4.90 Å². The number of aryl methyl sites for hydroxylation is 3. The Morgan fingerprint density at radius 2 is 1.59 bits per heavy atom. The molecule has 0 aliphatic carbocycles. The Labute approximate surface area is 161 Å². The Morgan fingerprint density at radius 3 is 2.19 bits per heavy atom. The molecule has 1 aliphatic rings. The maximum Gasteiger partial charge on any atom is 0.253 e. The van der Waals surface area contributed by atoms with Gasteiger partial charge in [0.15, 0.2) is 0 Å². The lowest BCUT2D eigenvalue weighted by molar-refractivity contribution is 0.0711. The van der Waals surface area contributed by atoms with E-state index in [1.165, 1.54) is 0 Å². The molecule has 27 heavy (non-hydrogen) atoms. The molecule has 1 saturated heterocycles. The van der Waals surface area contributed by atoms with Crippen molar-refractivity contribution in [1.29, 1.82) is 0 Å². The van der Waals surface area contributed by atoms with Crippen LogP contribution in [0.5, 0.6) is 0 Å². The van der Waals surface area contributed by atoms with Gasteiger partial charge in [-0.1, -0.05) is 23.8 Å². The number of rotatable bonds is 4. The average Bonchev–Trinajstić information content (AvgIpc) is 2.64. The van der Waals surface area contributed by atoms with E-state index in [9.17, 15) is 13.2 Å². The lowest BCUT2D eigenvalue weighted by Gasteiger charge is -2.32. The maximum absolute atomic E-state index is 12.7. The molecular weight excluding hydrogens is 360 g/mol. The second-order valence-corrected chi connectivity index (χ2v) is 9.01. The lowest BCUT2D eigenvalue weighted by Crippen LogP contribution is -2.46. The van der Waals surface area contributed by atoms with Crippen LogP contribution in [0.1, 0.15) is 39.9 Å². The van der Waals surface area contributed by atoms with Gasteiger partial charge >= 0.3 is 0 Å². The molecule has 144 valence electrons. The van der Waals surface area contributed by atoms with Crippen molar-refractivity contribution in [1.82, 2.24) is 9.62 Å². The molecule has 1 N–H and O–H groups in total. The summed E-state index contributed by atoms with van der Waals surface area (Å²) in [5.74, 6) is 0.0120. The van der Waals surface area contributed by atoms with Gasteiger partial charge in [-0.25, -0.2) is 13.1 Å². The van der Waals surface area contributed by atoms with Gasteiger partial charge in [0.25, 0.3) is 5.91 Å². The number of sulfonamides is 1. The largest absolute Gasteiger partial charge is 0.339 e. The summed E-state index contributed by atoms with van der Waals surface area (Å²) < 4.78 is 27.8. The van der Waals surface area contributed by atoms with Gasteiger partial charge in [0, 0.05) is 24.7 Å². The second kappa shape index (κ2) is 7.82. The van der Waals surface area contributed by atoms with Crippen LogP contribution >= 0.6 is 0 Å².